The predicted molar refractivity (Wildman–Crippen MR) is 91.1 cm³/mol. The number of rotatable bonds is 4. The number of hydrogen-bond donors (Lipinski definition) is 0. The lowest BCUT2D eigenvalue weighted by molar-refractivity contribution is 0.183. The monoisotopic (exact) mass is 388 g/mol. The highest BCUT2D eigenvalue weighted by atomic mass is 79.9. The van der Waals surface area contributed by atoms with Gasteiger partial charge in [-0.15, -0.1) is 0 Å². The lowest BCUT2D eigenvalue weighted by Crippen LogP contribution is -2.22. The van der Waals surface area contributed by atoms with Crippen LogP contribution in [0.5, 0.6) is 0 Å². The Bertz CT molecular complexity index is 844. The highest BCUT2D eigenvalue weighted by Gasteiger charge is 2.30. The molecule has 0 amide bonds. The summed E-state index contributed by atoms with van der Waals surface area (Å²) in [4.78, 5) is 6.84. The van der Waals surface area contributed by atoms with Crippen molar-refractivity contribution in [3.63, 3.8) is 0 Å². The van der Waals surface area contributed by atoms with E-state index in [2.05, 4.69) is 36.1 Å². The van der Waals surface area contributed by atoms with Crippen LogP contribution in [0.3, 0.4) is 0 Å². The second-order valence-electron chi connectivity index (χ2n) is 6.02. The summed E-state index contributed by atoms with van der Waals surface area (Å²) in [7, 11) is 0. The van der Waals surface area contributed by atoms with Crippen molar-refractivity contribution in [2.75, 3.05) is 6.54 Å². The van der Waals surface area contributed by atoms with Crippen molar-refractivity contribution in [3.8, 4) is 11.4 Å². The van der Waals surface area contributed by atoms with Gasteiger partial charge < -0.3 is 9.05 Å². The first-order valence-corrected chi connectivity index (χ1v) is 8.74. The summed E-state index contributed by atoms with van der Waals surface area (Å²) in [5.74, 6) is 2.14. The van der Waals surface area contributed by atoms with Gasteiger partial charge in [0.15, 0.2) is 5.76 Å². The van der Waals surface area contributed by atoms with Crippen molar-refractivity contribution >= 4 is 15.9 Å². The number of aryl methyl sites for hydroxylation is 1. The number of nitrogens with zero attached hydrogens (tertiary/aromatic N) is 4. The van der Waals surface area contributed by atoms with Crippen molar-refractivity contribution in [1.29, 1.82) is 0 Å². The molecule has 0 bridgehead atoms. The minimum Gasteiger partial charge on any atom is -0.359 e. The van der Waals surface area contributed by atoms with Gasteiger partial charge in [-0.3, -0.25) is 4.90 Å². The molecule has 1 aliphatic heterocycles. The Kier molecular flexibility index (Phi) is 4.20. The van der Waals surface area contributed by atoms with Crippen LogP contribution in [-0.2, 0) is 6.54 Å². The average Bonchev–Trinajstić information content (AvgIpc) is 3.28. The largest absolute Gasteiger partial charge is 0.359 e. The molecule has 2 aromatic heterocycles. The van der Waals surface area contributed by atoms with E-state index < -0.39 is 0 Å². The summed E-state index contributed by atoms with van der Waals surface area (Å²) in [6.07, 6.45) is 2.18. The number of benzene rings is 1. The van der Waals surface area contributed by atoms with Crippen LogP contribution in [0, 0.1) is 6.92 Å². The summed E-state index contributed by atoms with van der Waals surface area (Å²) >= 11 is 3.46. The van der Waals surface area contributed by atoms with E-state index in [0.717, 1.165) is 40.9 Å². The summed E-state index contributed by atoms with van der Waals surface area (Å²) < 4.78 is 11.9. The van der Waals surface area contributed by atoms with Crippen LogP contribution in [0.15, 0.2) is 43.9 Å². The number of likely N-dealkylation sites (tertiary alicyclic amines) is 1. The first kappa shape index (κ1) is 15.5. The van der Waals surface area contributed by atoms with Crippen LogP contribution >= 0.6 is 15.9 Å². The number of halogens is 1. The molecule has 1 aliphatic rings. The highest BCUT2D eigenvalue weighted by Crippen LogP contribution is 2.33. The third-order valence-corrected chi connectivity index (χ3v) is 4.72. The van der Waals surface area contributed by atoms with Crippen LogP contribution in [0.25, 0.3) is 11.4 Å². The van der Waals surface area contributed by atoms with E-state index in [4.69, 9.17) is 9.05 Å². The Morgan fingerprint density at radius 3 is 2.96 bits per heavy atom. The molecule has 6 nitrogen and oxygen atoms in total. The van der Waals surface area contributed by atoms with Gasteiger partial charge in [0.2, 0.25) is 11.7 Å². The maximum Gasteiger partial charge on any atom is 0.241 e. The van der Waals surface area contributed by atoms with Crippen molar-refractivity contribution in [3.05, 3.63) is 52.1 Å². The van der Waals surface area contributed by atoms with E-state index >= 15 is 0 Å². The number of aromatic nitrogens is 3. The Balaban J connectivity index is 1.51. The number of hydrogen-bond acceptors (Lipinski definition) is 6. The third kappa shape index (κ3) is 3.14. The van der Waals surface area contributed by atoms with Gasteiger partial charge in [-0.1, -0.05) is 38.4 Å². The van der Waals surface area contributed by atoms with Crippen molar-refractivity contribution in [2.45, 2.75) is 32.4 Å². The summed E-state index contributed by atoms with van der Waals surface area (Å²) in [6, 6.07) is 10.1. The molecule has 4 rings (SSSR count). The molecule has 0 aliphatic carbocycles. The van der Waals surface area contributed by atoms with Crippen molar-refractivity contribution < 1.29 is 9.05 Å². The van der Waals surface area contributed by atoms with Gasteiger partial charge in [-0.25, -0.2) is 0 Å². The molecule has 3 aromatic rings. The van der Waals surface area contributed by atoms with E-state index in [-0.39, 0.29) is 6.04 Å². The smallest absolute Gasteiger partial charge is 0.241 e. The zero-order chi connectivity index (χ0) is 16.5. The Hall–Kier alpha value is -1.99. The molecular weight excluding hydrogens is 372 g/mol. The van der Waals surface area contributed by atoms with Gasteiger partial charge in [-0.2, -0.15) is 4.98 Å². The highest BCUT2D eigenvalue weighted by molar-refractivity contribution is 9.10. The van der Waals surface area contributed by atoms with Crippen LogP contribution in [0.4, 0.5) is 0 Å². The Morgan fingerprint density at radius 1 is 1.25 bits per heavy atom. The minimum atomic E-state index is 0.229. The first-order chi connectivity index (χ1) is 11.7. The molecule has 1 unspecified atom stereocenters. The van der Waals surface area contributed by atoms with Crippen LogP contribution in [-0.4, -0.2) is 26.7 Å². The predicted octanol–water partition coefficient (Wildman–Crippen LogP) is 4.13. The Labute approximate surface area is 148 Å². The fourth-order valence-electron chi connectivity index (χ4n) is 3.12. The van der Waals surface area contributed by atoms with Crippen molar-refractivity contribution in [2.24, 2.45) is 0 Å². The minimum absolute atomic E-state index is 0.229. The van der Waals surface area contributed by atoms with Gasteiger partial charge in [0, 0.05) is 16.1 Å². The second-order valence-corrected chi connectivity index (χ2v) is 6.94. The lowest BCUT2D eigenvalue weighted by Gasteiger charge is -2.19. The van der Waals surface area contributed by atoms with Gasteiger partial charge >= 0.3 is 0 Å². The summed E-state index contributed by atoms with van der Waals surface area (Å²) in [5, 5.41) is 8.10. The SMILES string of the molecule is Cc1cc(C2CCCN2Cc2nc(-c3cccc(Br)c3)no2)on1. The zero-order valence-electron chi connectivity index (χ0n) is 13.3. The van der Waals surface area contributed by atoms with Crippen molar-refractivity contribution in [1.82, 2.24) is 20.2 Å². The maximum absolute atomic E-state index is 5.45. The van der Waals surface area contributed by atoms with Gasteiger partial charge in [0.25, 0.3) is 0 Å². The maximum atomic E-state index is 5.45. The van der Waals surface area contributed by atoms with E-state index in [1.54, 1.807) is 0 Å². The van der Waals surface area contributed by atoms with E-state index in [1.165, 1.54) is 0 Å². The van der Waals surface area contributed by atoms with Crippen LogP contribution in [0.1, 0.15) is 36.2 Å². The summed E-state index contributed by atoms with van der Waals surface area (Å²) in [6.45, 7) is 3.54. The normalized spacial score (nSPS) is 18.3. The zero-order valence-corrected chi connectivity index (χ0v) is 14.9. The fourth-order valence-corrected chi connectivity index (χ4v) is 3.51. The molecule has 1 atom stereocenters. The van der Waals surface area contributed by atoms with E-state index in [9.17, 15) is 0 Å². The third-order valence-electron chi connectivity index (χ3n) is 4.23. The standard InChI is InChI=1S/C17H17BrN4O2/c1-11-8-15(23-20-11)14-6-3-7-22(14)10-16-19-17(21-24-16)12-4-2-5-13(18)9-12/h2,4-5,8-9,14H,3,6-7,10H2,1H3. The molecule has 7 heteroatoms. The molecule has 0 N–H and O–H groups in total. The first-order valence-electron chi connectivity index (χ1n) is 7.95. The molecule has 3 heterocycles. The molecule has 0 radical (unpaired) electrons. The van der Waals surface area contributed by atoms with Gasteiger partial charge in [0.1, 0.15) is 0 Å². The van der Waals surface area contributed by atoms with Crippen LogP contribution < -0.4 is 0 Å². The molecule has 24 heavy (non-hydrogen) atoms. The van der Waals surface area contributed by atoms with Crippen LogP contribution in [0.2, 0.25) is 0 Å². The molecule has 0 spiro atoms. The van der Waals surface area contributed by atoms with Gasteiger partial charge in [0.05, 0.1) is 18.3 Å². The molecule has 1 saturated heterocycles. The molecule has 1 fully saturated rings. The topological polar surface area (TPSA) is 68.2 Å². The Morgan fingerprint density at radius 2 is 2.17 bits per heavy atom. The van der Waals surface area contributed by atoms with Gasteiger partial charge in [-0.05, 0) is 38.4 Å². The van der Waals surface area contributed by atoms with E-state index in [1.807, 2.05) is 37.3 Å². The molecule has 1 aromatic carbocycles. The summed E-state index contributed by atoms with van der Waals surface area (Å²) in [5.41, 5.74) is 1.84. The molecule has 0 saturated carbocycles. The molecule has 124 valence electrons. The lowest BCUT2D eigenvalue weighted by atomic mass is 10.1. The average molecular weight is 389 g/mol. The molecular formula is C17H17BrN4O2. The quantitative estimate of drug-likeness (QED) is 0.668. The fraction of sp³-hybridized carbons (Fsp3) is 0.353. The van der Waals surface area contributed by atoms with E-state index in [0.29, 0.717) is 18.3 Å². The second kappa shape index (κ2) is 6.49.